The molecule has 0 spiro atoms. The molecule has 8 heteroatoms. The zero-order chi connectivity index (χ0) is 45.7. The van der Waals surface area contributed by atoms with Crippen LogP contribution in [0.3, 0.4) is 0 Å². The molecule has 2 aliphatic rings. The molecule has 0 radical (unpaired) electrons. The Kier molecular flexibility index (Phi) is 3.58. The van der Waals surface area contributed by atoms with Gasteiger partial charge in [0.05, 0.1) is 37.1 Å². The van der Waals surface area contributed by atoms with Crippen molar-refractivity contribution >= 4 is 40.3 Å². The first kappa shape index (κ1) is 12.1. The van der Waals surface area contributed by atoms with Crippen molar-refractivity contribution in [1.82, 2.24) is 9.80 Å². The molecule has 3 aromatic rings. The summed E-state index contributed by atoms with van der Waals surface area (Å²) in [6, 6.07) is -4.97. The summed E-state index contributed by atoms with van der Waals surface area (Å²) in [6.45, 7) is -19.2. The van der Waals surface area contributed by atoms with Gasteiger partial charge in [0, 0.05) is 65.0 Å². The number of piperazine rings is 1. The molecule has 2 amide bonds. The van der Waals surface area contributed by atoms with Gasteiger partial charge in [-0.3, -0.25) is 14.5 Å². The third-order valence-electron chi connectivity index (χ3n) is 5.78. The van der Waals surface area contributed by atoms with Crippen LogP contribution in [-0.2, 0) is 20.7 Å². The molecule has 206 valence electrons. The maximum atomic E-state index is 14.0. The Balaban J connectivity index is 1.74. The average molecular weight is 559 g/mol. The maximum Gasteiger partial charge on any atom is 0.337 e. The second-order valence-corrected chi connectivity index (χ2v) is 8.39. The minimum atomic E-state index is -3.72. The van der Waals surface area contributed by atoms with Gasteiger partial charge in [0.25, 0.3) is 5.91 Å². The van der Waals surface area contributed by atoms with Gasteiger partial charge in [0.1, 0.15) is 0 Å². The molecule has 0 aromatic heterocycles. The van der Waals surface area contributed by atoms with Crippen LogP contribution in [0.4, 0.5) is 11.4 Å². The van der Waals surface area contributed by atoms with E-state index in [1.54, 1.807) is 0 Å². The Labute approximate surface area is 262 Å². The lowest BCUT2D eigenvalue weighted by atomic mass is 9.90. The van der Waals surface area contributed by atoms with Crippen LogP contribution in [0.25, 0.3) is 11.1 Å². The quantitative estimate of drug-likeness (QED) is 0.351. The maximum absolute atomic E-state index is 14.0. The SMILES string of the molecule is [2H]c1c([2H])c([2H])c(/C(Cc2c([2H])c([2H])c(N(C(=O)CN3C([2H])([2H])C([2H])([2H])N(C)C([2H])([2H])C3([2H])[2H])C([2H])([2H])[2H])c([2H])c2[2H])=C2/C(=O)Nc3cc(C(=O)OC)ccc32)c([2H])c1[2H]. The number of ether oxygens (including phenoxy) is 1. The monoisotopic (exact) mass is 558 g/mol. The highest BCUT2D eigenvalue weighted by atomic mass is 16.5. The first-order valence-electron chi connectivity index (χ1n) is 21.6. The van der Waals surface area contributed by atoms with Gasteiger partial charge in [0.2, 0.25) is 5.91 Å². The van der Waals surface area contributed by atoms with Crippen molar-refractivity contribution in [2.24, 2.45) is 0 Å². The van der Waals surface area contributed by atoms with Gasteiger partial charge >= 0.3 is 5.97 Å². The summed E-state index contributed by atoms with van der Waals surface area (Å²) in [7, 11) is 1.87. The third-order valence-corrected chi connectivity index (χ3v) is 5.78. The normalized spacial score (nSPS) is 29.3. The summed E-state index contributed by atoms with van der Waals surface area (Å²) in [5.41, 5.74) is -3.23. The minimum absolute atomic E-state index is 0.0111. The Bertz CT molecular complexity index is 2310. The molecule has 0 bridgehead atoms. The van der Waals surface area contributed by atoms with Crippen molar-refractivity contribution in [3.05, 3.63) is 94.8 Å². The van der Waals surface area contributed by atoms with E-state index in [-0.39, 0.29) is 37.1 Å². The molecule has 40 heavy (non-hydrogen) atoms. The van der Waals surface area contributed by atoms with Gasteiger partial charge in [0.15, 0.2) is 0 Å². The molecule has 1 fully saturated rings. The largest absolute Gasteiger partial charge is 0.465 e. The van der Waals surface area contributed by atoms with Crippen LogP contribution in [0.5, 0.6) is 0 Å². The van der Waals surface area contributed by atoms with E-state index in [9.17, 15) is 14.4 Å². The average Bonchev–Trinajstić information content (AvgIpc) is 3.49. The number of anilines is 2. The number of likely N-dealkylation sites (N-methyl/N-ethyl adjacent to an activating group) is 2. The number of allylic oxidation sites excluding steroid dienone is 1. The summed E-state index contributed by atoms with van der Waals surface area (Å²) in [5.74, 6) is -3.54. The molecule has 1 saturated heterocycles. The van der Waals surface area contributed by atoms with Crippen LogP contribution < -0.4 is 10.2 Å². The van der Waals surface area contributed by atoms with Crippen LogP contribution in [0.15, 0.2) is 72.6 Å². The number of nitrogens with one attached hydrogen (secondary N) is 1. The molecule has 0 saturated carbocycles. The van der Waals surface area contributed by atoms with Crippen molar-refractivity contribution in [2.45, 2.75) is 6.42 Å². The highest BCUT2D eigenvalue weighted by Gasteiger charge is 2.29. The van der Waals surface area contributed by atoms with Crippen molar-refractivity contribution < 1.29 is 46.5 Å². The lowest BCUT2D eigenvalue weighted by Gasteiger charge is -2.32. The number of carbonyl (C=O) groups excluding carboxylic acids is 3. The second kappa shape index (κ2) is 11.9. The molecule has 1 N–H and O–H groups in total. The molecule has 8 nitrogen and oxygen atoms in total. The molecular formula is C32H34N4O4. The van der Waals surface area contributed by atoms with Crippen molar-refractivity contribution in [3.8, 4) is 0 Å². The van der Waals surface area contributed by atoms with E-state index >= 15 is 0 Å². The molecule has 0 unspecified atom stereocenters. The number of rotatable bonds is 7. The fourth-order valence-electron chi connectivity index (χ4n) is 3.86. The fourth-order valence-corrected chi connectivity index (χ4v) is 3.86. The first-order valence-corrected chi connectivity index (χ1v) is 11.6. The standard InChI is InChI=1S/C32H34N4O4/c1-34-15-17-36(18-16-34)21-29(37)35(2)25-12-9-22(10-13-25)19-27(23-7-5-4-6-8-23)30-26-14-11-24(32(39)40-3)20-28(26)33-31(30)38/h4-14,20H,15-19,21H2,1-3H3,(H,33,38)/b30-27+/i2D3,4D,5D,6D,7D,8D,9D,10D,12D,13D,15D2,16D2,17D2,18D2. The van der Waals surface area contributed by atoms with E-state index in [4.69, 9.17) is 32.2 Å². The van der Waals surface area contributed by atoms with Gasteiger partial charge in [-0.25, -0.2) is 4.79 Å². The zero-order valence-corrected chi connectivity index (χ0v) is 21.1. The number of hydrogen-bond donors (Lipinski definition) is 1. The van der Waals surface area contributed by atoms with Gasteiger partial charge in [-0.05, 0) is 54.4 Å². The summed E-state index contributed by atoms with van der Waals surface area (Å²) >= 11 is 0. The van der Waals surface area contributed by atoms with Crippen LogP contribution in [-0.4, -0.2) is 81.2 Å². The van der Waals surface area contributed by atoms with Gasteiger partial charge in [-0.1, -0.05) is 48.4 Å². The Morgan fingerprint density at radius 3 is 2.45 bits per heavy atom. The molecule has 2 aliphatic heterocycles. The number of amides is 2. The number of carbonyl (C=O) groups is 3. The van der Waals surface area contributed by atoms with Crippen LogP contribution in [0, 0.1) is 0 Å². The number of benzene rings is 3. The van der Waals surface area contributed by atoms with E-state index in [2.05, 4.69) is 5.32 Å². The highest BCUT2D eigenvalue weighted by molar-refractivity contribution is 6.37. The number of nitrogens with zero attached hydrogens (tertiary/aromatic N) is 3. The summed E-state index contributed by atoms with van der Waals surface area (Å²) in [4.78, 5) is 39.6. The van der Waals surface area contributed by atoms with E-state index < -0.39 is 140 Å². The first-order chi connectivity index (χ1) is 27.3. The van der Waals surface area contributed by atoms with Crippen LogP contribution in [0.2, 0.25) is 0 Å². The number of hydrogen-bond acceptors (Lipinski definition) is 6. The van der Waals surface area contributed by atoms with Gasteiger partial charge in [-0.15, -0.1) is 0 Å². The van der Waals surface area contributed by atoms with Crippen LogP contribution in [0.1, 0.15) is 54.5 Å². The third kappa shape index (κ3) is 5.83. The fraction of sp³-hybridized carbons (Fsp3) is 0.281. The molecule has 0 aliphatic carbocycles. The van der Waals surface area contributed by atoms with Gasteiger partial charge in [-0.2, -0.15) is 0 Å². The van der Waals surface area contributed by atoms with E-state index in [1.165, 1.54) is 18.2 Å². The Morgan fingerprint density at radius 1 is 1.05 bits per heavy atom. The number of methoxy groups -OCH3 is 1. The summed E-state index contributed by atoms with van der Waals surface area (Å²) in [5, 5.41) is 2.51. The lowest BCUT2D eigenvalue weighted by Crippen LogP contribution is -2.48. The topological polar surface area (TPSA) is 82.2 Å². The molecule has 0 atom stereocenters. The predicted molar refractivity (Wildman–Crippen MR) is 157 cm³/mol. The van der Waals surface area contributed by atoms with Crippen molar-refractivity contribution in [2.75, 3.05) is 63.9 Å². The highest BCUT2D eigenvalue weighted by Crippen LogP contribution is 2.39. The molecule has 3 aromatic carbocycles. The molecular weight excluding hydrogens is 504 g/mol. The Morgan fingerprint density at radius 2 is 1.77 bits per heavy atom. The number of esters is 1. The van der Waals surface area contributed by atoms with E-state index in [1.807, 2.05) is 0 Å². The van der Waals surface area contributed by atoms with E-state index in [0.717, 1.165) is 14.2 Å². The zero-order valence-electron chi connectivity index (χ0n) is 41.1. The van der Waals surface area contributed by atoms with Gasteiger partial charge < -0.3 is 19.9 Å². The van der Waals surface area contributed by atoms with Crippen LogP contribution >= 0.6 is 0 Å². The summed E-state index contributed by atoms with van der Waals surface area (Å²) < 4.78 is 173. The molecule has 5 rings (SSSR count). The Hall–Kier alpha value is -4.27. The number of fused-ring (bicyclic) bond motifs is 1. The van der Waals surface area contributed by atoms with Crippen molar-refractivity contribution in [3.63, 3.8) is 0 Å². The van der Waals surface area contributed by atoms with E-state index in [0.29, 0.717) is 0 Å². The summed E-state index contributed by atoms with van der Waals surface area (Å²) in [6.07, 6.45) is -0.905. The molecule has 2 heterocycles. The minimum Gasteiger partial charge on any atom is -0.465 e. The van der Waals surface area contributed by atoms with Crippen molar-refractivity contribution in [1.29, 1.82) is 0 Å². The lowest BCUT2D eigenvalue weighted by molar-refractivity contribution is -0.119. The smallest absolute Gasteiger partial charge is 0.337 e. The predicted octanol–water partition coefficient (Wildman–Crippen LogP) is 3.79. The second-order valence-electron chi connectivity index (χ2n) is 8.39.